The lowest BCUT2D eigenvalue weighted by Gasteiger charge is -2.18. The van der Waals surface area contributed by atoms with Gasteiger partial charge in [-0.3, -0.25) is 0 Å². The van der Waals surface area contributed by atoms with Gasteiger partial charge in [0.2, 0.25) is 0 Å². The van der Waals surface area contributed by atoms with Crippen molar-refractivity contribution < 1.29 is 9.53 Å². The predicted octanol–water partition coefficient (Wildman–Crippen LogP) is 0.683. The maximum atomic E-state index is 11.6. The summed E-state index contributed by atoms with van der Waals surface area (Å²) in [4.78, 5) is 13.4. The first-order valence-electron chi connectivity index (χ1n) is 5.33. The zero-order valence-corrected chi connectivity index (χ0v) is 8.82. The number of hydrogen-bond acceptors (Lipinski definition) is 3. The summed E-state index contributed by atoms with van der Waals surface area (Å²) in [5.74, 6) is 1.30. The quantitative estimate of drug-likeness (QED) is 0.673. The van der Waals surface area contributed by atoms with E-state index in [-0.39, 0.29) is 12.2 Å². The van der Waals surface area contributed by atoms with Crippen LogP contribution in [0.5, 0.6) is 0 Å². The van der Waals surface area contributed by atoms with Gasteiger partial charge in [-0.15, -0.1) is 0 Å². The third-order valence-electron chi connectivity index (χ3n) is 2.98. The Kier molecular flexibility index (Phi) is 2.63. The summed E-state index contributed by atoms with van der Waals surface area (Å²) in [6, 6.07) is 0. The van der Waals surface area contributed by atoms with Gasteiger partial charge < -0.3 is 15.0 Å². The Morgan fingerprint density at radius 3 is 2.43 bits per heavy atom. The van der Waals surface area contributed by atoms with Crippen LogP contribution >= 0.6 is 0 Å². The van der Waals surface area contributed by atoms with Crippen LogP contribution in [0, 0.1) is 11.8 Å². The molecular weight excluding hydrogens is 180 g/mol. The van der Waals surface area contributed by atoms with Gasteiger partial charge in [0.25, 0.3) is 0 Å². The van der Waals surface area contributed by atoms with E-state index in [4.69, 9.17) is 4.74 Å². The van der Waals surface area contributed by atoms with Crippen molar-refractivity contribution in [2.45, 2.75) is 20.0 Å². The highest BCUT2D eigenvalue weighted by Gasteiger charge is 2.38. The first-order chi connectivity index (χ1) is 6.66. The van der Waals surface area contributed by atoms with Gasteiger partial charge in [-0.1, -0.05) is 0 Å². The standard InChI is InChI=1S/C10H18N2O2/c1-7(2)14-10(13)12-5-8-3-11-4-9(8)6-12/h7-9,11H,3-6H2,1-2H3. The molecule has 0 aromatic carbocycles. The number of amides is 1. The van der Waals surface area contributed by atoms with Crippen LogP contribution in [0.3, 0.4) is 0 Å². The highest BCUT2D eigenvalue weighted by molar-refractivity contribution is 5.68. The predicted molar refractivity (Wildman–Crippen MR) is 53.0 cm³/mol. The highest BCUT2D eigenvalue weighted by Crippen LogP contribution is 2.26. The minimum Gasteiger partial charge on any atom is -0.447 e. The molecule has 4 nitrogen and oxygen atoms in total. The minimum atomic E-state index is -0.144. The number of nitrogens with zero attached hydrogens (tertiary/aromatic N) is 1. The summed E-state index contributed by atoms with van der Waals surface area (Å²) in [5.41, 5.74) is 0. The fraction of sp³-hybridized carbons (Fsp3) is 0.900. The van der Waals surface area contributed by atoms with Gasteiger partial charge in [0.05, 0.1) is 6.10 Å². The van der Waals surface area contributed by atoms with E-state index in [2.05, 4.69) is 5.32 Å². The molecule has 2 atom stereocenters. The summed E-state index contributed by atoms with van der Waals surface area (Å²) in [6.07, 6.45) is -0.157. The van der Waals surface area contributed by atoms with Crippen molar-refractivity contribution in [3.8, 4) is 0 Å². The second-order valence-electron chi connectivity index (χ2n) is 4.52. The van der Waals surface area contributed by atoms with Gasteiger partial charge in [0.1, 0.15) is 0 Å². The molecule has 2 unspecified atom stereocenters. The van der Waals surface area contributed by atoms with Gasteiger partial charge in [-0.25, -0.2) is 4.79 Å². The topological polar surface area (TPSA) is 41.6 Å². The van der Waals surface area contributed by atoms with E-state index < -0.39 is 0 Å². The second-order valence-corrected chi connectivity index (χ2v) is 4.52. The molecule has 0 aliphatic carbocycles. The van der Waals surface area contributed by atoms with Crippen LogP contribution in [0.1, 0.15) is 13.8 Å². The summed E-state index contributed by atoms with van der Waals surface area (Å²) in [6.45, 7) is 7.60. The number of carbonyl (C=O) groups excluding carboxylic acids is 1. The molecule has 0 radical (unpaired) electrons. The van der Waals surface area contributed by atoms with Crippen LogP contribution in [0.25, 0.3) is 0 Å². The Morgan fingerprint density at radius 2 is 1.93 bits per heavy atom. The van der Waals surface area contributed by atoms with Crippen LogP contribution < -0.4 is 5.32 Å². The van der Waals surface area contributed by atoms with Crippen LogP contribution in [-0.4, -0.2) is 43.3 Å². The molecule has 0 spiro atoms. The average molecular weight is 198 g/mol. The van der Waals surface area contributed by atoms with E-state index in [9.17, 15) is 4.79 Å². The van der Waals surface area contributed by atoms with Crippen molar-refractivity contribution in [3.63, 3.8) is 0 Å². The molecule has 2 fully saturated rings. The van der Waals surface area contributed by atoms with E-state index in [1.54, 1.807) is 0 Å². The van der Waals surface area contributed by atoms with Crippen molar-refractivity contribution in [1.82, 2.24) is 10.2 Å². The minimum absolute atomic E-state index is 0.0129. The summed E-state index contributed by atoms with van der Waals surface area (Å²) in [5, 5.41) is 3.35. The zero-order chi connectivity index (χ0) is 10.1. The van der Waals surface area contributed by atoms with Crippen molar-refractivity contribution in [1.29, 1.82) is 0 Å². The fourth-order valence-electron chi connectivity index (χ4n) is 2.28. The van der Waals surface area contributed by atoms with E-state index in [0.29, 0.717) is 11.8 Å². The van der Waals surface area contributed by atoms with Crippen molar-refractivity contribution in [3.05, 3.63) is 0 Å². The maximum absolute atomic E-state index is 11.6. The number of fused-ring (bicyclic) bond motifs is 1. The SMILES string of the molecule is CC(C)OC(=O)N1CC2CNCC2C1. The second kappa shape index (κ2) is 3.77. The van der Waals surface area contributed by atoms with Gasteiger partial charge in [0.15, 0.2) is 0 Å². The third kappa shape index (κ3) is 1.85. The molecule has 2 heterocycles. The van der Waals surface area contributed by atoms with Crippen molar-refractivity contribution in [2.24, 2.45) is 11.8 Å². The van der Waals surface area contributed by atoms with Gasteiger partial charge in [0, 0.05) is 26.2 Å². The summed E-state index contributed by atoms with van der Waals surface area (Å²) < 4.78 is 5.17. The Morgan fingerprint density at radius 1 is 1.36 bits per heavy atom. The Hall–Kier alpha value is -0.770. The van der Waals surface area contributed by atoms with Crippen LogP contribution in [0.4, 0.5) is 4.79 Å². The molecule has 0 saturated carbocycles. The molecule has 0 bridgehead atoms. The lowest BCUT2D eigenvalue weighted by molar-refractivity contribution is 0.0816. The molecular formula is C10H18N2O2. The number of ether oxygens (including phenoxy) is 1. The molecule has 1 N–H and O–H groups in total. The number of carbonyl (C=O) groups is 1. The number of hydrogen-bond donors (Lipinski definition) is 1. The average Bonchev–Trinajstić information content (AvgIpc) is 2.58. The first kappa shape index (κ1) is 9.77. The molecule has 0 aromatic rings. The summed E-state index contributed by atoms with van der Waals surface area (Å²) in [7, 11) is 0. The van der Waals surface area contributed by atoms with E-state index >= 15 is 0 Å². The largest absolute Gasteiger partial charge is 0.447 e. The molecule has 2 saturated heterocycles. The Labute approximate surface area is 84.6 Å². The van der Waals surface area contributed by atoms with E-state index in [1.165, 1.54) is 0 Å². The van der Waals surface area contributed by atoms with Crippen LogP contribution in [-0.2, 0) is 4.74 Å². The van der Waals surface area contributed by atoms with Crippen molar-refractivity contribution in [2.75, 3.05) is 26.2 Å². The molecule has 4 heteroatoms. The van der Waals surface area contributed by atoms with Gasteiger partial charge in [-0.2, -0.15) is 0 Å². The van der Waals surface area contributed by atoms with Crippen LogP contribution in [0.2, 0.25) is 0 Å². The maximum Gasteiger partial charge on any atom is 0.410 e. The third-order valence-corrected chi connectivity index (χ3v) is 2.98. The smallest absolute Gasteiger partial charge is 0.410 e. The lowest BCUT2D eigenvalue weighted by Crippen LogP contribution is -2.33. The molecule has 2 aliphatic rings. The molecule has 0 aromatic heterocycles. The molecule has 2 rings (SSSR count). The molecule has 14 heavy (non-hydrogen) atoms. The molecule has 80 valence electrons. The van der Waals surface area contributed by atoms with E-state index in [1.807, 2.05) is 18.7 Å². The molecule has 1 amide bonds. The monoisotopic (exact) mass is 198 g/mol. The number of nitrogens with one attached hydrogen (secondary N) is 1. The Balaban J connectivity index is 1.86. The molecule has 2 aliphatic heterocycles. The fourth-order valence-corrected chi connectivity index (χ4v) is 2.28. The van der Waals surface area contributed by atoms with Gasteiger partial charge >= 0.3 is 6.09 Å². The number of rotatable bonds is 1. The normalized spacial score (nSPS) is 30.9. The van der Waals surface area contributed by atoms with Gasteiger partial charge in [-0.05, 0) is 25.7 Å². The van der Waals surface area contributed by atoms with E-state index in [0.717, 1.165) is 26.2 Å². The first-order valence-corrected chi connectivity index (χ1v) is 5.33. The van der Waals surface area contributed by atoms with Crippen LogP contribution in [0.15, 0.2) is 0 Å². The Bertz CT molecular complexity index is 218. The zero-order valence-electron chi connectivity index (χ0n) is 8.82. The number of likely N-dealkylation sites (tertiary alicyclic amines) is 1. The lowest BCUT2D eigenvalue weighted by atomic mass is 10.0. The summed E-state index contributed by atoms with van der Waals surface area (Å²) >= 11 is 0. The highest BCUT2D eigenvalue weighted by atomic mass is 16.6. The van der Waals surface area contributed by atoms with Crippen molar-refractivity contribution >= 4 is 6.09 Å².